The Morgan fingerprint density at radius 1 is 1.58 bits per heavy atom. The zero-order valence-corrected chi connectivity index (χ0v) is 7.36. The smallest absolute Gasteiger partial charge is 0.121 e. The van der Waals surface area contributed by atoms with Crippen molar-refractivity contribution in [2.75, 3.05) is 0 Å². The van der Waals surface area contributed by atoms with Gasteiger partial charge in [-0.15, -0.1) is 0 Å². The van der Waals surface area contributed by atoms with Crippen LogP contribution in [0.4, 0.5) is 0 Å². The highest BCUT2D eigenvalue weighted by Crippen LogP contribution is 2.45. The van der Waals surface area contributed by atoms with Crippen LogP contribution in [0.15, 0.2) is 0 Å². The second-order valence-corrected chi connectivity index (χ2v) is 3.58. The summed E-state index contributed by atoms with van der Waals surface area (Å²) in [6, 6.07) is -0.462. The summed E-state index contributed by atoms with van der Waals surface area (Å²) in [7, 11) is 5.63. The molecule has 4 heteroatoms. The van der Waals surface area contributed by atoms with E-state index in [4.69, 9.17) is 17.3 Å². The Labute approximate surface area is 73.5 Å². The van der Waals surface area contributed by atoms with Crippen LogP contribution in [0.5, 0.6) is 0 Å². The van der Waals surface area contributed by atoms with Gasteiger partial charge >= 0.3 is 0 Å². The summed E-state index contributed by atoms with van der Waals surface area (Å²) in [5.41, 5.74) is -0.552. The number of ether oxygens (including phenoxy) is 2. The van der Waals surface area contributed by atoms with Gasteiger partial charge in [-0.05, 0) is 13.3 Å². The van der Waals surface area contributed by atoms with Gasteiger partial charge in [-0.2, -0.15) is 0 Å². The predicted molar refractivity (Wildman–Crippen MR) is 44.0 cm³/mol. The Kier molecular flexibility index (Phi) is 1.76. The van der Waals surface area contributed by atoms with Crippen molar-refractivity contribution in [1.29, 1.82) is 0 Å². The molecule has 2 fully saturated rings. The molecular formula is C8H13BO3. The quantitative estimate of drug-likeness (QED) is 0.551. The molecule has 2 radical (unpaired) electrons. The first-order valence-electron chi connectivity index (χ1n) is 4.38. The van der Waals surface area contributed by atoms with E-state index in [0.717, 1.165) is 6.42 Å². The van der Waals surface area contributed by atoms with Crippen molar-refractivity contribution in [3.05, 3.63) is 0 Å². The van der Waals surface area contributed by atoms with Crippen LogP contribution >= 0.6 is 0 Å². The number of hydrogen-bond donors (Lipinski definition) is 1. The molecule has 0 aromatic heterocycles. The zero-order valence-electron chi connectivity index (χ0n) is 7.36. The molecule has 0 aromatic carbocycles. The van der Waals surface area contributed by atoms with E-state index in [0.29, 0.717) is 0 Å². The lowest BCUT2D eigenvalue weighted by molar-refractivity contribution is -0.158. The highest BCUT2D eigenvalue weighted by Gasteiger charge is 2.62. The van der Waals surface area contributed by atoms with E-state index in [1.54, 1.807) is 0 Å². The van der Waals surface area contributed by atoms with Crippen molar-refractivity contribution in [1.82, 2.24) is 0 Å². The molecule has 2 aliphatic heterocycles. The number of hydrogen-bond acceptors (Lipinski definition) is 3. The molecule has 2 rings (SSSR count). The molecule has 5 atom stereocenters. The van der Waals surface area contributed by atoms with Gasteiger partial charge < -0.3 is 14.6 Å². The largest absolute Gasteiger partial charge is 0.387 e. The second-order valence-electron chi connectivity index (χ2n) is 3.58. The van der Waals surface area contributed by atoms with Crippen molar-refractivity contribution < 1.29 is 14.6 Å². The number of rotatable bonds is 1. The molecule has 66 valence electrons. The van der Waals surface area contributed by atoms with E-state index >= 15 is 0 Å². The minimum absolute atomic E-state index is 0.0534. The van der Waals surface area contributed by atoms with Crippen molar-refractivity contribution in [3.63, 3.8) is 0 Å². The van der Waals surface area contributed by atoms with E-state index in [-0.39, 0.29) is 12.2 Å². The number of aliphatic hydroxyl groups is 1. The highest BCUT2D eigenvalue weighted by molar-refractivity contribution is 6.11. The summed E-state index contributed by atoms with van der Waals surface area (Å²) in [6.45, 7) is 3.89. The average molecular weight is 168 g/mol. The molecule has 1 N–H and O–H groups in total. The number of fused-ring (bicyclic) bond motifs is 2. The molecule has 2 heterocycles. The monoisotopic (exact) mass is 168 g/mol. The van der Waals surface area contributed by atoms with Gasteiger partial charge in [-0.1, -0.05) is 6.92 Å². The maximum absolute atomic E-state index is 9.79. The minimum Gasteiger partial charge on any atom is -0.387 e. The maximum Gasteiger partial charge on any atom is 0.121 e. The molecule has 3 nitrogen and oxygen atoms in total. The zero-order chi connectivity index (χ0) is 8.93. The lowest BCUT2D eigenvalue weighted by Gasteiger charge is -2.34. The van der Waals surface area contributed by atoms with Gasteiger partial charge in [0, 0.05) is 6.00 Å². The van der Waals surface area contributed by atoms with Gasteiger partial charge in [-0.3, -0.25) is 0 Å². The summed E-state index contributed by atoms with van der Waals surface area (Å²) in [5.74, 6) is 0. The fraction of sp³-hybridized carbons (Fsp3) is 1.00. The van der Waals surface area contributed by atoms with Crippen LogP contribution in [0.3, 0.4) is 0 Å². The summed E-state index contributed by atoms with van der Waals surface area (Å²) in [6.07, 6.45) is -0.214. The van der Waals surface area contributed by atoms with E-state index < -0.39 is 17.7 Å². The van der Waals surface area contributed by atoms with Crippen LogP contribution in [0, 0.1) is 0 Å². The SMILES string of the molecule is [B][C@@H]1O[C@@]2(CC)C(C)O[C@@H]1[C@@H]2O. The third-order valence-electron chi connectivity index (χ3n) is 3.09. The first-order chi connectivity index (χ1) is 5.62. The predicted octanol–water partition coefficient (Wildman–Crippen LogP) is -0.192. The second kappa shape index (κ2) is 2.47. The van der Waals surface area contributed by atoms with E-state index in [9.17, 15) is 5.11 Å². The Bertz CT molecular complexity index is 199. The fourth-order valence-electron chi connectivity index (χ4n) is 2.27. The number of aliphatic hydroxyl groups excluding tert-OH is 1. The first-order valence-corrected chi connectivity index (χ1v) is 4.38. The molecule has 0 spiro atoms. The molecule has 2 aliphatic rings. The van der Waals surface area contributed by atoms with Crippen LogP contribution in [0.25, 0.3) is 0 Å². The molecule has 0 saturated carbocycles. The van der Waals surface area contributed by atoms with Crippen LogP contribution in [0.1, 0.15) is 20.3 Å². The standard InChI is InChI=1S/C8H13BO3/c1-3-8-4(2)11-5(6(8)10)7(9)12-8/h4-7,10H,3H2,1-2H3/t4?,5-,6+,7-,8+/m1/s1. The van der Waals surface area contributed by atoms with Gasteiger partial charge in [0.25, 0.3) is 0 Å². The van der Waals surface area contributed by atoms with E-state index in [1.165, 1.54) is 0 Å². The van der Waals surface area contributed by atoms with Crippen LogP contribution in [0.2, 0.25) is 0 Å². The van der Waals surface area contributed by atoms with Gasteiger partial charge in [0.05, 0.1) is 6.10 Å². The Morgan fingerprint density at radius 2 is 2.25 bits per heavy atom. The van der Waals surface area contributed by atoms with Gasteiger partial charge in [0.2, 0.25) is 0 Å². The summed E-state index contributed by atoms with van der Waals surface area (Å²) in [4.78, 5) is 0. The minimum atomic E-state index is -0.563. The third-order valence-corrected chi connectivity index (χ3v) is 3.09. The van der Waals surface area contributed by atoms with Gasteiger partial charge in [-0.25, -0.2) is 0 Å². The van der Waals surface area contributed by atoms with E-state index in [2.05, 4.69) is 0 Å². The molecule has 12 heavy (non-hydrogen) atoms. The van der Waals surface area contributed by atoms with Gasteiger partial charge in [0.15, 0.2) is 0 Å². The van der Waals surface area contributed by atoms with Crippen LogP contribution in [-0.4, -0.2) is 42.9 Å². The summed E-state index contributed by atoms with van der Waals surface area (Å²) >= 11 is 0. The van der Waals surface area contributed by atoms with Crippen molar-refractivity contribution in [3.8, 4) is 0 Å². The fourth-order valence-corrected chi connectivity index (χ4v) is 2.27. The average Bonchev–Trinajstić information content (AvgIpc) is 2.41. The highest BCUT2D eigenvalue weighted by atomic mass is 16.6. The van der Waals surface area contributed by atoms with Gasteiger partial charge in [0.1, 0.15) is 25.7 Å². The lowest BCUT2D eigenvalue weighted by Crippen LogP contribution is -2.46. The topological polar surface area (TPSA) is 38.7 Å². The lowest BCUT2D eigenvalue weighted by atomic mass is 9.89. The maximum atomic E-state index is 9.79. The Hall–Kier alpha value is -0.0551. The molecule has 1 unspecified atom stereocenters. The molecular weight excluding hydrogens is 155 g/mol. The molecule has 2 saturated heterocycles. The summed E-state index contributed by atoms with van der Waals surface area (Å²) in [5, 5.41) is 9.79. The molecule has 2 bridgehead atoms. The van der Waals surface area contributed by atoms with Crippen LogP contribution < -0.4 is 0 Å². The van der Waals surface area contributed by atoms with Crippen LogP contribution in [-0.2, 0) is 9.47 Å². The van der Waals surface area contributed by atoms with E-state index in [1.807, 2.05) is 13.8 Å². The van der Waals surface area contributed by atoms with Crippen molar-refractivity contribution in [2.45, 2.75) is 50.2 Å². The third kappa shape index (κ3) is 0.780. The Balaban J connectivity index is 2.30. The molecule has 0 aromatic rings. The normalized spacial score (nSPS) is 57.9. The Morgan fingerprint density at radius 3 is 2.58 bits per heavy atom. The first kappa shape index (κ1) is 8.54. The molecule has 0 aliphatic carbocycles. The molecule has 0 amide bonds. The summed E-state index contributed by atoms with van der Waals surface area (Å²) < 4.78 is 11.0. The van der Waals surface area contributed by atoms with Crippen molar-refractivity contribution >= 4 is 7.85 Å². The van der Waals surface area contributed by atoms with Crippen molar-refractivity contribution in [2.24, 2.45) is 0 Å².